The van der Waals surface area contributed by atoms with Crippen LogP contribution in [0.2, 0.25) is 10.0 Å². The van der Waals surface area contributed by atoms with Gasteiger partial charge >= 0.3 is 0 Å². The Morgan fingerprint density at radius 2 is 1.95 bits per heavy atom. The number of halogens is 3. The van der Waals surface area contributed by atoms with E-state index in [2.05, 4.69) is 26.0 Å². The highest BCUT2D eigenvalue weighted by Crippen LogP contribution is 2.33. The molecule has 1 aromatic carbocycles. The number of hydrogen-bond acceptors (Lipinski definition) is 3. The third kappa shape index (κ3) is 3.87. The summed E-state index contributed by atoms with van der Waals surface area (Å²) in [6.07, 6.45) is 1.49. The third-order valence-electron chi connectivity index (χ3n) is 3.18. The summed E-state index contributed by atoms with van der Waals surface area (Å²) in [5, 5.41) is 3.49. The molecule has 0 saturated carbocycles. The van der Waals surface area contributed by atoms with Gasteiger partial charge in [-0.3, -0.25) is 0 Å². The summed E-state index contributed by atoms with van der Waals surface area (Å²) in [5.74, 6) is 0. The van der Waals surface area contributed by atoms with Gasteiger partial charge in [0.05, 0.1) is 10.0 Å². The second-order valence-electron chi connectivity index (χ2n) is 4.90. The first-order valence-electron chi connectivity index (χ1n) is 6.20. The molecule has 2 unspecified atom stereocenters. The predicted molar refractivity (Wildman–Crippen MR) is 85.0 cm³/mol. The summed E-state index contributed by atoms with van der Waals surface area (Å²) in [6.45, 7) is 2.82. The van der Waals surface area contributed by atoms with E-state index in [1.165, 1.54) is 12.1 Å². The van der Waals surface area contributed by atoms with Crippen molar-refractivity contribution in [1.82, 2.24) is 10.0 Å². The molecule has 0 amide bonds. The zero-order valence-electron chi connectivity index (χ0n) is 10.8. The Bertz CT molecular complexity index is 586. The quantitative estimate of drug-likeness (QED) is 0.817. The van der Waals surface area contributed by atoms with Gasteiger partial charge in [0, 0.05) is 16.6 Å². The van der Waals surface area contributed by atoms with Crippen molar-refractivity contribution in [3.63, 3.8) is 0 Å². The van der Waals surface area contributed by atoms with Gasteiger partial charge in [-0.15, -0.1) is 0 Å². The van der Waals surface area contributed by atoms with Crippen molar-refractivity contribution in [3.8, 4) is 0 Å². The van der Waals surface area contributed by atoms with E-state index < -0.39 is 10.0 Å². The van der Waals surface area contributed by atoms with Crippen LogP contribution in [0, 0.1) is 0 Å². The monoisotopic (exact) mass is 400 g/mol. The Morgan fingerprint density at radius 1 is 1.35 bits per heavy atom. The largest absolute Gasteiger partial charge is 0.314 e. The van der Waals surface area contributed by atoms with Crippen molar-refractivity contribution in [2.75, 3.05) is 6.54 Å². The summed E-state index contributed by atoms with van der Waals surface area (Å²) < 4.78 is 28.2. The van der Waals surface area contributed by atoms with Crippen LogP contribution in [0.1, 0.15) is 19.8 Å². The van der Waals surface area contributed by atoms with Crippen LogP contribution >= 0.6 is 39.1 Å². The van der Waals surface area contributed by atoms with Gasteiger partial charge in [0.1, 0.15) is 4.90 Å². The molecule has 8 heteroatoms. The van der Waals surface area contributed by atoms with Crippen molar-refractivity contribution in [2.45, 2.75) is 36.7 Å². The highest BCUT2D eigenvalue weighted by Gasteiger charge is 2.27. The van der Waals surface area contributed by atoms with Gasteiger partial charge in [0.15, 0.2) is 0 Å². The lowest BCUT2D eigenvalue weighted by Crippen LogP contribution is -2.46. The van der Waals surface area contributed by atoms with Gasteiger partial charge in [-0.25, -0.2) is 13.1 Å². The average Bonchev–Trinajstić information content (AvgIpc) is 2.25. The summed E-state index contributed by atoms with van der Waals surface area (Å²) in [6, 6.07) is 3.22. The molecule has 2 N–H and O–H groups in total. The number of hydrogen-bond donors (Lipinski definition) is 2. The molecule has 112 valence electrons. The molecule has 1 heterocycles. The summed E-state index contributed by atoms with van der Waals surface area (Å²) in [4.78, 5) is -0.0600. The molecule has 1 fully saturated rings. The zero-order chi connectivity index (χ0) is 14.9. The molecule has 1 aliphatic heterocycles. The molecule has 0 bridgehead atoms. The average molecular weight is 402 g/mol. The Morgan fingerprint density at radius 3 is 2.50 bits per heavy atom. The molecule has 2 atom stereocenters. The maximum Gasteiger partial charge on any atom is 0.243 e. The predicted octanol–water partition coefficient (Wildman–Crippen LogP) is 3.17. The topological polar surface area (TPSA) is 58.2 Å². The molecule has 20 heavy (non-hydrogen) atoms. The van der Waals surface area contributed by atoms with E-state index in [0.29, 0.717) is 4.47 Å². The van der Waals surface area contributed by atoms with Crippen LogP contribution in [0.3, 0.4) is 0 Å². The highest BCUT2D eigenvalue weighted by atomic mass is 79.9. The standard InChI is InChI=1S/C12H15BrCl2N2O2S/c1-7-4-9(2-3-16-7)17-20(18,19)12-10(14)5-8(13)6-11(12)15/h5-7,9,16-17H,2-4H2,1H3. The molecule has 1 saturated heterocycles. The lowest BCUT2D eigenvalue weighted by Gasteiger charge is -2.28. The van der Waals surface area contributed by atoms with E-state index in [-0.39, 0.29) is 27.0 Å². The van der Waals surface area contributed by atoms with E-state index in [1.807, 2.05) is 6.92 Å². The van der Waals surface area contributed by atoms with Crippen molar-refractivity contribution in [2.24, 2.45) is 0 Å². The molecule has 0 aliphatic carbocycles. The number of benzene rings is 1. The summed E-state index contributed by atoms with van der Waals surface area (Å²) >= 11 is 15.3. The van der Waals surface area contributed by atoms with E-state index in [4.69, 9.17) is 23.2 Å². The Hall–Kier alpha value is 0.150. The molecule has 1 aromatic rings. The van der Waals surface area contributed by atoms with Crippen LogP contribution in [0.5, 0.6) is 0 Å². The van der Waals surface area contributed by atoms with Gasteiger partial charge < -0.3 is 5.32 Å². The number of rotatable bonds is 3. The van der Waals surface area contributed by atoms with Gasteiger partial charge in [-0.2, -0.15) is 0 Å². The molecule has 0 spiro atoms. The van der Waals surface area contributed by atoms with E-state index in [9.17, 15) is 8.42 Å². The van der Waals surface area contributed by atoms with Crippen LogP contribution in [0.25, 0.3) is 0 Å². The van der Waals surface area contributed by atoms with E-state index >= 15 is 0 Å². The maximum absolute atomic E-state index is 12.4. The molecule has 0 aromatic heterocycles. The molecule has 1 aliphatic rings. The first-order valence-corrected chi connectivity index (χ1v) is 9.23. The van der Waals surface area contributed by atoms with Gasteiger partial charge in [-0.05, 0) is 38.4 Å². The summed E-state index contributed by atoms with van der Waals surface area (Å²) in [5.41, 5.74) is 0. The second-order valence-corrected chi connectivity index (χ2v) is 8.28. The van der Waals surface area contributed by atoms with Crippen molar-refractivity contribution >= 4 is 49.2 Å². The Balaban J connectivity index is 2.27. The highest BCUT2D eigenvalue weighted by molar-refractivity contribution is 9.10. The molecular weight excluding hydrogens is 387 g/mol. The number of sulfonamides is 1. The van der Waals surface area contributed by atoms with Crippen LogP contribution in [0.15, 0.2) is 21.5 Å². The first-order chi connectivity index (χ1) is 9.29. The van der Waals surface area contributed by atoms with Crippen molar-refractivity contribution < 1.29 is 8.42 Å². The van der Waals surface area contributed by atoms with Gasteiger partial charge in [0.25, 0.3) is 0 Å². The fourth-order valence-corrected chi connectivity index (χ4v) is 5.52. The minimum absolute atomic E-state index is 0.0600. The molecule has 0 radical (unpaired) electrons. The SMILES string of the molecule is CC1CC(NS(=O)(=O)c2c(Cl)cc(Br)cc2Cl)CCN1. The van der Waals surface area contributed by atoms with Crippen molar-refractivity contribution in [1.29, 1.82) is 0 Å². The second kappa shape index (κ2) is 6.50. The van der Waals surface area contributed by atoms with Crippen LogP contribution in [0.4, 0.5) is 0 Å². The minimum Gasteiger partial charge on any atom is -0.314 e. The maximum atomic E-state index is 12.4. The minimum atomic E-state index is -3.72. The normalized spacial score (nSPS) is 23.8. The third-order valence-corrected chi connectivity index (χ3v) is 6.08. The van der Waals surface area contributed by atoms with Crippen molar-refractivity contribution in [3.05, 3.63) is 26.7 Å². The molecule has 2 rings (SSSR count). The smallest absolute Gasteiger partial charge is 0.243 e. The Kier molecular flexibility index (Phi) is 5.37. The van der Waals surface area contributed by atoms with E-state index in [0.717, 1.165) is 19.4 Å². The van der Waals surface area contributed by atoms with Crippen LogP contribution < -0.4 is 10.0 Å². The zero-order valence-corrected chi connectivity index (χ0v) is 14.7. The number of piperidine rings is 1. The lowest BCUT2D eigenvalue weighted by atomic mass is 10.0. The molecular formula is C12H15BrCl2N2O2S. The Labute approximate surface area is 137 Å². The van der Waals surface area contributed by atoms with Gasteiger partial charge in [0.2, 0.25) is 10.0 Å². The lowest BCUT2D eigenvalue weighted by molar-refractivity contribution is 0.361. The van der Waals surface area contributed by atoms with Gasteiger partial charge in [-0.1, -0.05) is 39.1 Å². The fourth-order valence-electron chi connectivity index (χ4n) is 2.30. The van der Waals surface area contributed by atoms with E-state index in [1.54, 1.807) is 0 Å². The first kappa shape index (κ1) is 16.5. The van der Waals surface area contributed by atoms with Crippen LogP contribution in [-0.4, -0.2) is 27.0 Å². The fraction of sp³-hybridized carbons (Fsp3) is 0.500. The molecule has 4 nitrogen and oxygen atoms in total. The van der Waals surface area contributed by atoms with Crippen LogP contribution in [-0.2, 0) is 10.0 Å². The summed E-state index contributed by atoms with van der Waals surface area (Å²) in [7, 11) is -3.72. The number of nitrogens with one attached hydrogen (secondary N) is 2.